The van der Waals surface area contributed by atoms with Gasteiger partial charge < -0.3 is 21.5 Å². The third-order valence-electron chi connectivity index (χ3n) is 2.14. The number of hydrogen-bond donors (Lipinski definition) is 0. The van der Waals surface area contributed by atoms with Gasteiger partial charge in [-0.15, -0.1) is 0 Å². The third kappa shape index (κ3) is 4.17. The van der Waals surface area contributed by atoms with Crippen LogP contribution in [0.15, 0.2) is 11.1 Å². The van der Waals surface area contributed by atoms with E-state index in [1.165, 1.54) is 11.1 Å². The predicted octanol–water partition coefficient (Wildman–Crippen LogP) is 0.609. The van der Waals surface area contributed by atoms with Crippen molar-refractivity contribution in [3.63, 3.8) is 0 Å². The highest BCUT2D eigenvalue weighted by Gasteiger charge is 2.34. The minimum atomic E-state index is 0. The van der Waals surface area contributed by atoms with Crippen LogP contribution in [0.4, 0.5) is 0 Å². The molecule has 0 aromatic rings. The van der Waals surface area contributed by atoms with Gasteiger partial charge in [0.1, 0.15) is 13.1 Å². The molecule has 0 unspecified atom stereocenters. The van der Waals surface area contributed by atoms with Gasteiger partial charge in [0, 0.05) is 11.1 Å². The van der Waals surface area contributed by atoms with E-state index in [4.69, 9.17) is 0 Å². The first kappa shape index (κ1) is 16.1. The topological polar surface area (TPSA) is 0 Å². The monoisotopic (exact) mass is 517 g/mol. The summed E-state index contributed by atoms with van der Waals surface area (Å²) in [6, 6.07) is 0. The van der Waals surface area contributed by atoms with E-state index in [9.17, 15) is 0 Å². The highest BCUT2D eigenvalue weighted by Crippen LogP contribution is 2.36. The second kappa shape index (κ2) is 6.15. The fourth-order valence-corrected chi connectivity index (χ4v) is 3.35. The van der Waals surface area contributed by atoms with Gasteiger partial charge >= 0.3 is 0 Å². The molecule has 1 heterocycles. The SMILES string of the molecule is C[N+]1(C)CC(C(Br)Br)=C(C(Br)Br)C1.[Br-]. The van der Waals surface area contributed by atoms with Crippen LogP contribution in [-0.4, -0.2) is 39.1 Å². The summed E-state index contributed by atoms with van der Waals surface area (Å²) in [4.78, 5) is 0. The van der Waals surface area contributed by atoms with Crippen LogP contribution in [0.3, 0.4) is 0 Å². The van der Waals surface area contributed by atoms with Crippen LogP contribution in [-0.2, 0) is 0 Å². The molecule has 0 fully saturated rings. The van der Waals surface area contributed by atoms with Gasteiger partial charge in [0.15, 0.2) is 0 Å². The molecular weight excluding hydrogens is 510 g/mol. The van der Waals surface area contributed by atoms with Gasteiger partial charge in [-0.1, -0.05) is 63.7 Å². The van der Waals surface area contributed by atoms with E-state index in [-0.39, 0.29) is 17.0 Å². The lowest BCUT2D eigenvalue weighted by atomic mass is 10.2. The summed E-state index contributed by atoms with van der Waals surface area (Å²) in [5, 5.41) is 0. The summed E-state index contributed by atoms with van der Waals surface area (Å²) in [5.74, 6) is 0. The summed E-state index contributed by atoms with van der Waals surface area (Å²) in [6.45, 7) is 2.20. The summed E-state index contributed by atoms with van der Waals surface area (Å²) in [6.07, 6.45) is 0. The number of rotatable bonds is 2. The summed E-state index contributed by atoms with van der Waals surface area (Å²) >= 11 is 14.3. The van der Waals surface area contributed by atoms with E-state index < -0.39 is 0 Å². The Morgan fingerprint density at radius 1 is 0.929 bits per heavy atom. The summed E-state index contributed by atoms with van der Waals surface area (Å²) in [7, 11) is 4.50. The minimum absolute atomic E-state index is 0. The lowest BCUT2D eigenvalue weighted by molar-refractivity contribution is -0.875. The second-order valence-electron chi connectivity index (χ2n) is 3.90. The van der Waals surface area contributed by atoms with Crippen molar-refractivity contribution < 1.29 is 21.5 Å². The van der Waals surface area contributed by atoms with Gasteiger partial charge in [-0.2, -0.15) is 0 Å². The Morgan fingerprint density at radius 3 is 1.43 bits per heavy atom. The molecular formula is C8H12Br5N. The standard InChI is InChI=1S/C8H12Br4N.BrH/c1-13(2)3-5(7(9)10)6(4-13)8(11)12;/h7-8H,3-4H2,1-2H3;1H/q+1;/p-1. The van der Waals surface area contributed by atoms with Crippen LogP contribution in [0.1, 0.15) is 0 Å². The Labute approximate surface area is 130 Å². The number of nitrogens with zero attached hydrogens (tertiary/aromatic N) is 1. The Bertz CT molecular complexity index is 212. The average molecular weight is 522 g/mol. The highest BCUT2D eigenvalue weighted by molar-refractivity contribution is 9.25. The van der Waals surface area contributed by atoms with E-state index >= 15 is 0 Å². The van der Waals surface area contributed by atoms with Crippen molar-refractivity contribution in [2.45, 2.75) is 7.47 Å². The molecule has 14 heavy (non-hydrogen) atoms. The Kier molecular flexibility index (Phi) is 7.07. The van der Waals surface area contributed by atoms with Crippen LogP contribution in [0.25, 0.3) is 0 Å². The fraction of sp³-hybridized carbons (Fsp3) is 0.750. The Hall–Kier alpha value is 2.10. The number of hydrogen-bond acceptors (Lipinski definition) is 0. The number of likely N-dealkylation sites (N-methyl/N-ethyl adjacent to an activating group) is 1. The van der Waals surface area contributed by atoms with Crippen LogP contribution in [0.2, 0.25) is 0 Å². The Morgan fingerprint density at radius 2 is 1.21 bits per heavy atom. The molecule has 0 N–H and O–H groups in total. The van der Waals surface area contributed by atoms with Gasteiger partial charge in [-0.05, 0) is 0 Å². The van der Waals surface area contributed by atoms with Crippen LogP contribution >= 0.6 is 63.7 Å². The van der Waals surface area contributed by atoms with E-state index in [2.05, 4.69) is 77.8 Å². The van der Waals surface area contributed by atoms with E-state index in [0.717, 1.165) is 17.6 Å². The van der Waals surface area contributed by atoms with E-state index in [1.54, 1.807) is 0 Å². The molecule has 0 spiro atoms. The van der Waals surface area contributed by atoms with E-state index in [1.807, 2.05) is 0 Å². The number of quaternary nitrogens is 1. The largest absolute Gasteiger partial charge is 1.00 e. The molecule has 1 nitrogen and oxygen atoms in total. The lowest BCUT2D eigenvalue weighted by Crippen LogP contribution is -3.00. The molecule has 6 heteroatoms. The molecule has 84 valence electrons. The first-order valence-electron chi connectivity index (χ1n) is 3.93. The van der Waals surface area contributed by atoms with Crippen molar-refractivity contribution in [2.24, 2.45) is 0 Å². The van der Waals surface area contributed by atoms with Crippen molar-refractivity contribution in [1.29, 1.82) is 0 Å². The van der Waals surface area contributed by atoms with Gasteiger partial charge in [0.2, 0.25) is 0 Å². The lowest BCUT2D eigenvalue weighted by Gasteiger charge is -2.24. The quantitative estimate of drug-likeness (QED) is 0.284. The molecule has 0 saturated heterocycles. The molecule has 0 atom stereocenters. The van der Waals surface area contributed by atoms with Crippen molar-refractivity contribution >= 4 is 63.7 Å². The molecule has 1 rings (SSSR count). The van der Waals surface area contributed by atoms with Crippen molar-refractivity contribution in [3.8, 4) is 0 Å². The summed E-state index contributed by atoms with van der Waals surface area (Å²) < 4.78 is 1.63. The fourth-order valence-electron chi connectivity index (χ4n) is 1.60. The molecule has 0 radical (unpaired) electrons. The first-order chi connectivity index (χ1) is 5.83. The van der Waals surface area contributed by atoms with Crippen molar-refractivity contribution in [3.05, 3.63) is 11.1 Å². The molecule has 0 aromatic carbocycles. The van der Waals surface area contributed by atoms with Gasteiger partial charge in [-0.25, -0.2) is 0 Å². The molecule has 1 aliphatic rings. The van der Waals surface area contributed by atoms with Gasteiger partial charge in [0.25, 0.3) is 0 Å². The molecule has 0 bridgehead atoms. The Balaban J connectivity index is 0.00000169. The molecule has 0 aromatic heterocycles. The second-order valence-corrected chi connectivity index (χ2v) is 10.0. The molecule has 1 aliphatic heterocycles. The summed E-state index contributed by atoms with van der Waals surface area (Å²) in [5.41, 5.74) is 2.90. The minimum Gasteiger partial charge on any atom is -1.00 e. The number of halogens is 5. The maximum absolute atomic E-state index is 3.57. The average Bonchev–Trinajstić information content (AvgIpc) is 2.26. The molecule has 0 saturated carbocycles. The van der Waals surface area contributed by atoms with Gasteiger partial charge in [-0.3, -0.25) is 0 Å². The van der Waals surface area contributed by atoms with Crippen LogP contribution < -0.4 is 17.0 Å². The van der Waals surface area contributed by atoms with Gasteiger partial charge in [0.05, 0.1) is 21.6 Å². The third-order valence-corrected chi connectivity index (χ3v) is 4.35. The number of alkyl halides is 4. The van der Waals surface area contributed by atoms with Crippen LogP contribution in [0, 0.1) is 0 Å². The zero-order valence-corrected chi connectivity index (χ0v) is 15.8. The molecule has 0 aliphatic carbocycles. The maximum atomic E-state index is 3.57. The zero-order valence-electron chi connectivity index (χ0n) is 7.91. The predicted molar refractivity (Wildman–Crippen MR) is 72.2 cm³/mol. The van der Waals surface area contributed by atoms with Crippen molar-refractivity contribution in [2.75, 3.05) is 27.2 Å². The normalized spacial score (nSPS) is 20.6. The molecule has 0 amide bonds. The van der Waals surface area contributed by atoms with Crippen molar-refractivity contribution in [1.82, 2.24) is 0 Å². The maximum Gasteiger partial charge on any atom is 0.103 e. The van der Waals surface area contributed by atoms with E-state index in [0.29, 0.717) is 7.47 Å². The van der Waals surface area contributed by atoms with Crippen LogP contribution in [0.5, 0.6) is 0 Å². The smallest absolute Gasteiger partial charge is 0.103 e. The first-order valence-corrected chi connectivity index (χ1v) is 7.60. The zero-order chi connectivity index (χ0) is 10.2. The highest BCUT2D eigenvalue weighted by atomic mass is 79.9.